The van der Waals surface area contributed by atoms with E-state index < -0.39 is 0 Å². The zero-order chi connectivity index (χ0) is 19.1. The normalized spacial score (nSPS) is 10.7. The number of amides is 1. The number of carbonyl (C=O) groups is 1. The Kier molecular flexibility index (Phi) is 6.27. The monoisotopic (exact) mass is 427 g/mol. The molecule has 0 fully saturated rings. The predicted molar refractivity (Wildman–Crippen MR) is 108 cm³/mol. The molecule has 3 aromatic rings. The van der Waals surface area contributed by atoms with Gasteiger partial charge in [-0.25, -0.2) is 5.43 Å². The molecule has 2 aromatic carbocycles. The van der Waals surface area contributed by atoms with Crippen LogP contribution in [-0.4, -0.2) is 30.4 Å². The van der Waals surface area contributed by atoms with Crippen molar-refractivity contribution in [3.8, 4) is 17.2 Å². The molecule has 0 saturated heterocycles. The predicted octanol–water partition coefficient (Wildman–Crippen LogP) is 3.78. The summed E-state index contributed by atoms with van der Waals surface area (Å²) in [5.41, 5.74) is 4.31. The lowest BCUT2D eigenvalue weighted by atomic mass is 10.3. The number of benzene rings is 2. The molecule has 0 unspecified atom stereocenters. The van der Waals surface area contributed by atoms with Crippen LogP contribution in [0, 0.1) is 0 Å². The number of hydrogen-bond donors (Lipinski definition) is 1. The van der Waals surface area contributed by atoms with Crippen LogP contribution < -0.4 is 14.9 Å². The number of methoxy groups -OCH3 is 1. The van der Waals surface area contributed by atoms with Crippen LogP contribution in [0.4, 0.5) is 0 Å². The van der Waals surface area contributed by atoms with Crippen molar-refractivity contribution in [2.45, 2.75) is 0 Å². The Balaban J connectivity index is 1.50. The first-order valence-electron chi connectivity index (χ1n) is 8.17. The minimum atomic E-state index is -0.330. The number of ether oxygens (including phenoxy) is 2. The molecule has 0 atom stereocenters. The first kappa shape index (κ1) is 18.7. The third kappa shape index (κ3) is 5.46. The molecule has 27 heavy (non-hydrogen) atoms. The van der Waals surface area contributed by atoms with Crippen LogP contribution in [0.1, 0.15) is 5.56 Å². The molecule has 0 spiro atoms. The van der Waals surface area contributed by atoms with E-state index in [1.807, 2.05) is 59.4 Å². The summed E-state index contributed by atoms with van der Waals surface area (Å²) in [4.78, 5) is 11.8. The third-order valence-electron chi connectivity index (χ3n) is 3.67. The molecule has 1 N–H and O–H groups in total. The highest BCUT2D eigenvalue weighted by Gasteiger charge is 2.02. The van der Waals surface area contributed by atoms with Gasteiger partial charge in [-0.1, -0.05) is 15.9 Å². The summed E-state index contributed by atoms with van der Waals surface area (Å²) in [5.74, 6) is 1.10. The molecular weight excluding hydrogens is 410 g/mol. The van der Waals surface area contributed by atoms with E-state index >= 15 is 0 Å². The van der Waals surface area contributed by atoms with E-state index in [1.54, 1.807) is 25.5 Å². The van der Waals surface area contributed by atoms with Gasteiger partial charge in [-0.3, -0.25) is 4.79 Å². The van der Waals surface area contributed by atoms with E-state index in [0.29, 0.717) is 5.75 Å². The number of aromatic nitrogens is 1. The minimum Gasteiger partial charge on any atom is -0.497 e. The van der Waals surface area contributed by atoms with Crippen molar-refractivity contribution >= 4 is 28.1 Å². The number of rotatable bonds is 7. The minimum absolute atomic E-state index is 0.105. The molecule has 1 heterocycles. The van der Waals surface area contributed by atoms with Crippen LogP contribution in [0.3, 0.4) is 0 Å². The van der Waals surface area contributed by atoms with Gasteiger partial charge in [0, 0.05) is 28.1 Å². The smallest absolute Gasteiger partial charge is 0.277 e. The molecular formula is C20H18BrN3O3. The molecule has 138 valence electrons. The summed E-state index contributed by atoms with van der Waals surface area (Å²) < 4.78 is 13.4. The van der Waals surface area contributed by atoms with Gasteiger partial charge in [-0.15, -0.1) is 0 Å². The van der Waals surface area contributed by atoms with E-state index in [1.165, 1.54) is 0 Å². The van der Waals surface area contributed by atoms with Gasteiger partial charge in [-0.05, 0) is 54.6 Å². The first-order chi connectivity index (χ1) is 13.1. The van der Waals surface area contributed by atoms with Crippen LogP contribution in [0.5, 0.6) is 11.5 Å². The Labute approximate surface area is 165 Å². The van der Waals surface area contributed by atoms with Gasteiger partial charge in [0.2, 0.25) is 0 Å². The van der Waals surface area contributed by atoms with Gasteiger partial charge in [0.05, 0.1) is 13.3 Å². The van der Waals surface area contributed by atoms with E-state index in [9.17, 15) is 4.79 Å². The first-order valence-corrected chi connectivity index (χ1v) is 8.96. The van der Waals surface area contributed by atoms with Crippen molar-refractivity contribution in [2.24, 2.45) is 5.10 Å². The van der Waals surface area contributed by atoms with Crippen molar-refractivity contribution in [1.82, 2.24) is 9.99 Å². The van der Waals surface area contributed by atoms with Crippen LogP contribution >= 0.6 is 15.9 Å². The van der Waals surface area contributed by atoms with Crippen molar-refractivity contribution < 1.29 is 14.3 Å². The maximum absolute atomic E-state index is 11.8. The van der Waals surface area contributed by atoms with Gasteiger partial charge in [0.1, 0.15) is 11.5 Å². The highest BCUT2D eigenvalue weighted by Crippen LogP contribution is 2.16. The fourth-order valence-corrected chi connectivity index (χ4v) is 2.56. The molecule has 0 radical (unpaired) electrons. The maximum atomic E-state index is 11.8. The van der Waals surface area contributed by atoms with Crippen LogP contribution in [-0.2, 0) is 4.79 Å². The highest BCUT2D eigenvalue weighted by molar-refractivity contribution is 9.10. The lowest BCUT2D eigenvalue weighted by Crippen LogP contribution is -2.24. The average molecular weight is 428 g/mol. The average Bonchev–Trinajstić information content (AvgIpc) is 3.16. The number of carbonyl (C=O) groups excluding carboxylic acids is 1. The molecule has 1 aromatic heterocycles. The van der Waals surface area contributed by atoms with Crippen molar-refractivity contribution in [3.63, 3.8) is 0 Å². The summed E-state index contributed by atoms with van der Waals surface area (Å²) in [7, 11) is 1.64. The van der Waals surface area contributed by atoms with E-state index in [4.69, 9.17) is 9.47 Å². The lowest BCUT2D eigenvalue weighted by molar-refractivity contribution is -0.123. The zero-order valence-corrected chi connectivity index (χ0v) is 16.2. The molecule has 0 aliphatic rings. The quantitative estimate of drug-likeness (QED) is 0.460. The number of nitrogens with zero attached hydrogens (tertiary/aromatic N) is 2. The summed E-state index contributed by atoms with van der Waals surface area (Å²) >= 11 is 3.34. The third-order valence-corrected chi connectivity index (χ3v) is 4.20. The van der Waals surface area contributed by atoms with Gasteiger partial charge < -0.3 is 14.0 Å². The fraction of sp³-hybridized carbons (Fsp3) is 0.100. The topological polar surface area (TPSA) is 64.8 Å². The fourth-order valence-electron chi connectivity index (χ4n) is 2.30. The lowest BCUT2D eigenvalue weighted by Gasteiger charge is -2.04. The van der Waals surface area contributed by atoms with Gasteiger partial charge in [-0.2, -0.15) is 5.10 Å². The van der Waals surface area contributed by atoms with Gasteiger partial charge in [0.25, 0.3) is 5.91 Å². The Bertz CT molecular complexity index is 918. The second-order valence-corrected chi connectivity index (χ2v) is 6.50. The molecule has 0 saturated carbocycles. The highest BCUT2D eigenvalue weighted by atomic mass is 79.9. The summed E-state index contributed by atoms with van der Waals surface area (Å²) in [5, 5.41) is 3.96. The molecule has 0 aliphatic heterocycles. The number of halogens is 1. The van der Waals surface area contributed by atoms with Crippen LogP contribution in [0.25, 0.3) is 5.69 Å². The molecule has 7 heteroatoms. The molecule has 0 aliphatic carbocycles. The van der Waals surface area contributed by atoms with E-state index in [0.717, 1.165) is 21.5 Å². The second-order valence-electron chi connectivity index (χ2n) is 5.59. The number of hydrazone groups is 1. The summed E-state index contributed by atoms with van der Waals surface area (Å²) in [6, 6.07) is 16.9. The van der Waals surface area contributed by atoms with Gasteiger partial charge in [0.15, 0.2) is 6.61 Å². The summed E-state index contributed by atoms with van der Waals surface area (Å²) in [6.45, 7) is -0.105. The summed E-state index contributed by atoms with van der Waals surface area (Å²) in [6.07, 6.45) is 5.41. The maximum Gasteiger partial charge on any atom is 0.277 e. The Morgan fingerprint density at radius 3 is 2.52 bits per heavy atom. The van der Waals surface area contributed by atoms with E-state index in [2.05, 4.69) is 26.5 Å². The largest absolute Gasteiger partial charge is 0.497 e. The molecule has 1 amide bonds. The van der Waals surface area contributed by atoms with E-state index in [-0.39, 0.29) is 12.5 Å². The molecule has 0 bridgehead atoms. The Hall–Kier alpha value is -3.06. The molecule has 6 nitrogen and oxygen atoms in total. The number of hydrogen-bond acceptors (Lipinski definition) is 4. The Morgan fingerprint density at radius 2 is 1.81 bits per heavy atom. The SMILES string of the molecule is COc1ccc(-n2ccc(/C=N\NC(=O)COc3ccc(Br)cc3)c2)cc1. The standard InChI is InChI=1S/C20H18BrN3O3/c1-26-18-8-4-17(5-9-18)24-11-10-15(13-24)12-22-23-20(25)14-27-19-6-2-16(21)3-7-19/h2-13H,14H2,1H3,(H,23,25)/b22-12-. The van der Waals surface area contributed by atoms with Crippen molar-refractivity contribution in [3.05, 3.63) is 77.0 Å². The van der Waals surface area contributed by atoms with Crippen molar-refractivity contribution in [2.75, 3.05) is 13.7 Å². The number of nitrogens with one attached hydrogen (secondary N) is 1. The van der Waals surface area contributed by atoms with Crippen LogP contribution in [0.2, 0.25) is 0 Å². The molecule has 3 rings (SSSR count). The Morgan fingerprint density at radius 1 is 1.11 bits per heavy atom. The zero-order valence-electron chi connectivity index (χ0n) is 14.6. The second kappa shape index (κ2) is 9.05. The van der Waals surface area contributed by atoms with Gasteiger partial charge >= 0.3 is 0 Å². The van der Waals surface area contributed by atoms with Crippen molar-refractivity contribution in [1.29, 1.82) is 0 Å². The van der Waals surface area contributed by atoms with Crippen LogP contribution in [0.15, 0.2) is 76.6 Å².